The van der Waals surface area contributed by atoms with E-state index in [4.69, 9.17) is 27.9 Å². The number of alkyl halides is 3. The quantitative estimate of drug-likeness (QED) is 0.162. The van der Waals surface area contributed by atoms with Crippen LogP contribution in [0.15, 0.2) is 72.0 Å². The van der Waals surface area contributed by atoms with Gasteiger partial charge < -0.3 is 10.1 Å². The molecule has 0 saturated heterocycles. The standard InChI is InChI=1S/C32H22Cl2F5N7O4/c1-15-8-18(50-31(49)32(37,38)39)11-25(22-9-16(6-7-40-22)19-10-17(35)2-4-21(19)42-30(15)48)45-14-41-23(12-27(45)47)28-24(5-3-20(33)29(28)36)46-13-26(34)43-44-46/h2-7,9-10,12-15,18,25H,8,11H2,1H3,(H,42,48)/t15-,18?,25+/m1/s1. The minimum Gasteiger partial charge on any atom is -0.456 e. The van der Waals surface area contributed by atoms with E-state index in [1.807, 2.05) is 0 Å². The van der Waals surface area contributed by atoms with Crippen molar-refractivity contribution < 1.29 is 36.3 Å². The summed E-state index contributed by atoms with van der Waals surface area (Å²) in [6.07, 6.45) is -4.20. The molecule has 1 amide bonds. The number of carbonyl (C=O) groups excluding carboxylic acids is 2. The maximum atomic E-state index is 15.5. The van der Waals surface area contributed by atoms with Gasteiger partial charge in [0.2, 0.25) is 5.91 Å². The van der Waals surface area contributed by atoms with Gasteiger partial charge in [-0.2, -0.15) is 13.2 Å². The van der Waals surface area contributed by atoms with Crippen LogP contribution in [0.3, 0.4) is 0 Å². The highest BCUT2D eigenvalue weighted by Crippen LogP contribution is 2.36. The number of hydrogen-bond acceptors (Lipinski definition) is 8. The number of esters is 1. The first-order chi connectivity index (χ1) is 23.7. The fraction of sp³-hybridized carbons (Fsp3) is 0.219. The molecule has 11 nitrogen and oxygen atoms in total. The van der Waals surface area contributed by atoms with Crippen LogP contribution in [0.4, 0.5) is 27.6 Å². The van der Waals surface area contributed by atoms with Crippen molar-refractivity contribution in [1.82, 2.24) is 29.5 Å². The topological polar surface area (TPSA) is 134 Å². The molecule has 50 heavy (non-hydrogen) atoms. The fourth-order valence-corrected chi connectivity index (χ4v) is 5.86. The third-order valence-corrected chi connectivity index (χ3v) is 8.41. The number of ether oxygens (including phenoxy) is 1. The predicted molar refractivity (Wildman–Crippen MR) is 170 cm³/mol. The molecule has 0 spiro atoms. The monoisotopic (exact) mass is 733 g/mol. The number of hydrogen-bond donors (Lipinski definition) is 1. The fourth-order valence-electron chi connectivity index (χ4n) is 5.57. The summed E-state index contributed by atoms with van der Waals surface area (Å²) in [7, 11) is 0. The minimum atomic E-state index is -5.36. The zero-order valence-electron chi connectivity index (χ0n) is 25.5. The predicted octanol–water partition coefficient (Wildman–Crippen LogP) is 6.57. The highest BCUT2D eigenvalue weighted by molar-refractivity contribution is 6.31. The Morgan fingerprint density at radius 2 is 1.80 bits per heavy atom. The van der Waals surface area contributed by atoms with Crippen LogP contribution in [0.2, 0.25) is 10.2 Å². The molecule has 4 heterocycles. The van der Waals surface area contributed by atoms with Gasteiger partial charge in [0.1, 0.15) is 11.9 Å². The first-order valence-electron chi connectivity index (χ1n) is 14.7. The third kappa shape index (κ3) is 7.07. The van der Waals surface area contributed by atoms with Crippen molar-refractivity contribution >= 4 is 40.8 Å². The first-order valence-corrected chi connectivity index (χ1v) is 15.4. The lowest BCUT2D eigenvalue weighted by Gasteiger charge is -2.28. The van der Waals surface area contributed by atoms with Gasteiger partial charge >= 0.3 is 12.1 Å². The van der Waals surface area contributed by atoms with Gasteiger partial charge in [0.25, 0.3) is 5.56 Å². The van der Waals surface area contributed by atoms with Crippen LogP contribution in [0.1, 0.15) is 31.5 Å². The Morgan fingerprint density at radius 1 is 1.02 bits per heavy atom. The second-order valence-electron chi connectivity index (χ2n) is 11.3. The Kier molecular flexibility index (Phi) is 9.41. The second-order valence-corrected chi connectivity index (χ2v) is 12.1. The summed E-state index contributed by atoms with van der Waals surface area (Å²) in [5.74, 6) is -5.74. The number of anilines is 1. The van der Waals surface area contributed by atoms with Gasteiger partial charge in [-0.1, -0.05) is 35.3 Å². The molecule has 0 aliphatic carbocycles. The van der Waals surface area contributed by atoms with Crippen molar-refractivity contribution in [2.24, 2.45) is 5.92 Å². The molecule has 5 aromatic rings. The second kappa shape index (κ2) is 13.6. The molecule has 3 aromatic heterocycles. The summed E-state index contributed by atoms with van der Waals surface area (Å²) in [5, 5.41) is 9.86. The maximum absolute atomic E-state index is 15.5. The number of aromatic nitrogens is 6. The smallest absolute Gasteiger partial charge is 0.456 e. The van der Waals surface area contributed by atoms with Crippen LogP contribution in [0.25, 0.3) is 28.1 Å². The Balaban J connectivity index is 1.51. The average molecular weight is 734 g/mol. The van der Waals surface area contributed by atoms with Crippen LogP contribution in [-0.4, -0.2) is 53.7 Å². The van der Waals surface area contributed by atoms with E-state index in [2.05, 4.69) is 25.6 Å². The lowest BCUT2D eigenvalue weighted by Crippen LogP contribution is -2.36. The lowest BCUT2D eigenvalue weighted by atomic mass is 9.93. The average Bonchev–Trinajstić information content (AvgIpc) is 3.50. The molecule has 258 valence electrons. The number of rotatable bonds is 4. The van der Waals surface area contributed by atoms with Crippen LogP contribution < -0.4 is 10.9 Å². The Hall–Kier alpha value is -5.22. The van der Waals surface area contributed by atoms with E-state index in [9.17, 15) is 31.9 Å². The SMILES string of the molecule is C[C@@H]1CC(OC(=O)C(F)(F)F)C[C@H](n2cnc(-c3c(-n4cc(Cl)nn4)ccc(Cl)c3F)cc2=O)c2cc(ccn2)-c2cc(F)ccc2NC1=O. The van der Waals surface area contributed by atoms with Gasteiger partial charge in [0.15, 0.2) is 11.0 Å². The van der Waals surface area contributed by atoms with E-state index in [1.54, 1.807) is 0 Å². The van der Waals surface area contributed by atoms with Crippen molar-refractivity contribution in [3.63, 3.8) is 0 Å². The van der Waals surface area contributed by atoms with E-state index in [1.165, 1.54) is 55.7 Å². The van der Waals surface area contributed by atoms with Gasteiger partial charge in [-0.05, 0) is 54.4 Å². The van der Waals surface area contributed by atoms with E-state index < -0.39 is 66.2 Å². The third-order valence-electron chi connectivity index (χ3n) is 7.94. The number of benzene rings is 2. The summed E-state index contributed by atoms with van der Waals surface area (Å²) < 4.78 is 77.1. The van der Waals surface area contributed by atoms with Gasteiger partial charge in [-0.3, -0.25) is 19.1 Å². The van der Waals surface area contributed by atoms with Crippen molar-refractivity contribution in [2.45, 2.75) is 38.1 Å². The van der Waals surface area contributed by atoms with Crippen LogP contribution >= 0.6 is 23.2 Å². The van der Waals surface area contributed by atoms with Crippen molar-refractivity contribution in [3.05, 3.63) is 105 Å². The Labute approximate surface area is 288 Å². The van der Waals surface area contributed by atoms with Crippen LogP contribution in [0.5, 0.6) is 0 Å². The molecule has 2 aromatic carbocycles. The van der Waals surface area contributed by atoms with Gasteiger partial charge in [-0.15, -0.1) is 5.10 Å². The van der Waals surface area contributed by atoms with Crippen LogP contribution in [-0.2, 0) is 14.3 Å². The Morgan fingerprint density at radius 3 is 2.50 bits per heavy atom. The number of amides is 1. The zero-order valence-corrected chi connectivity index (χ0v) is 27.0. The molecule has 3 atom stereocenters. The van der Waals surface area contributed by atoms with Crippen molar-refractivity contribution in [1.29, 1.82) is 0 Å². The molecule has 0 radical (unpaired) electrons. The number of carbonyl (C=O) groups is 2. The summed E-state index contributed by atoms with van der Waals surface area (Å²) in [6.45, 7) is 1.41. The number of nitrogens with zero attached hydrogens (tertiary/aromatic N) is 6. The van der Waals surface area contributed by atoms with Gasteiger partial charge in [0.05, 0.1) is 46.2 Å². The largest absolute Gasteiger partial charge is 0.490 e. The molecule has 6 rings (SSSR count). The number of pyridine rings is 1. The van der Waals surface area contributed by atoms with E-state index in [0.29, 0.717) is 5.56 Å². The van der Waals surface area contributed by atoms with E-state index in [0.717, 1.165) is 27.7 Å². The molecule has 2 bridgehead atoms. The normalized spacial score (nSPS) is 18.0. The molecule has 1 aliphatic rings. The highest BCUT2D eigenvalue weighted by Gasteiger charge is 2.43. The highest BCUT2D eigenvalue weighted by atomic mass is 35.5. The summed E-state index contributed by atoms with van der Waals surface area (Å²) in [5.41, 5.74) is -0.303. The van der Waals surface area contributed by atoms with Crippen molar-refractivity contribution in [2.75, 3.05) is 5.32 Å². The first kappa shape index (κ1) is 34.6. The summed E-state index contributed by atoms with van der Waals surface area (Å²) >= 11 is 12.0. The number of nitrogens with one attached hydrogen (secondary N) is 1. The molecular weight excluding hydrogens is 712 g/mol. The van der Waals surface area contributed by atoms with Crippen molar-refractivity contribution in [3.8, 4) is 28.1 Å². The molecule has 0 fully saturated rings. The molecule has 1 aliphatic heterocycles. The molecule has 18 heteroatoms. The van der Waals surface area contributed by atoms with E-state index in [-0.39, 0.29) is 44.1 Å². The molecule has 1 unspecified atom stereocenters. The summed E-state index contributed by atoms with van der Waals surface area (Å²) in [4.78, 5) is 47.7. The number of halogens is 7. The number of fused-ring (bicyclic) bond motifs is 4. The van der Waals surface area contributed by atoms with Crippen LogP contribution in [0, 0.1) is 17.6 Å². The molecule has 0 saturated carbocycles. The zero-order chi connectivity index (χ0) is 35.9. The molecule has 1 N–H and O–H groups in total. The molecular formula is C32H22Cl2F5N7O4. The summed E-state index contributed by atoms with van der Waals surface area (Å²) in [6, 6.07) is 8.93. The lowest BCUT2D eigenvalue weighted by molar-refractivity contribution is -0.206. The van der Waals surface area contributed by atoms with Gasteiger partial charge in [0, 0.05) is 35.9 Å². The Bertz CT molecular complexity index is 2190. The van der Waals surface area contributed by atoms with Gasteiger partial charge in [-0.25, -0.2) is 23.2 Å². The minimum absolute atomic E-state index is 0.00939. The maximum Gasteiger partial charge on any atom is 0.490 e. The van der Waals surface area contributed by atoms with E-state index >= 15 is 4.39 Å².